The highest BCUT2D eigenvalue weighted by molar-refractivity contribution is 7.10. The van der Waals surface area contributed by atoms with Gasteiger partial charge in [-0.2, -0.15) is 0 Å². The molecule has 3 rings (SSSR count). The fourth-order valence-corrected chi connectivity index (χ4v) is 4.42. The third-order valence-corrected chi connectivity index (χ3v) is 6.13. The fourth-order valence-electron chi connectivity index (χ4n) is 3.43. The minimum atomic E-state index is 0.129. The standard InChI is InChI=1S/C16H24N2OS/c1-16(17-2)7-9-18(10-8-16)15(19)13-4-3-5-14-12(13)6-11-20-14/h6,11,13,17H,3-5,7-10H2,1-2H3. The molecule has 0 saturated carbocycles. The van der Waals surface area contributed by atoms with Gasteiger partial charge < -0.3 is 10.2 Å². The summed E-state index contributed by atoms with van der Waals surface area (Å²) in [4.78, 5) is 16.4. The number of aryl methyl sites for hydroxylation is 1. The SMILES string of the molecule is CNC1(C)CCN(C(=O)C2CCCc3sccc32)CC1. The van der Waals surface area contributed by atoms with Crippen LogP contribution in [0.5, 0.6) is 0 Å². The van der Waals surface area contributed by atoms with Crippen LogP contribution in [0.15, 0.2) is 11.4 Å². The number of hydrogen-bond donors (Lipinski definition) is 1. The van der Waals surface area contributed by atoms with Crippen molar-refractivity contribution in [1.82, 2.24) is 10.2 Å². The molecule has 0 spiro atoms. The number of nitrogens with zero attached hydrogens (tertiary/aromatic N) is 1. The Kier molecular flexibility index (Phi) is 3.87. The maximum Gasteiger partial charge on any atom is 0.230 e. The number of nitrogens with one attached hydrogen (secondary N) is 1. The number of amides is 1. The minimum absolute atomic E-state index is 0.129. The molecule has 20 heavy (non-hydrogen) atoms. The molecule has 1 unspecified atom stereocenters. The molecule has 1 aromatic rings. The summed E-state index contributed by atoms with van der Waals surface area (Å²) in [5, 5.41) is 5.54. The molecule has 1 aromatic heterocycles. The molecule has 2 heterocycles. The number of carbonyl (C=O) groups excluding carboxylic acids is 1. The highest BCUT2D eigenvalue weighted by atomic mass is 32.1. The van der Waals surface area contributed by atoms with Crippen LogP contribution in [0.2, 0.25) is 0 Å². The smallest absolute Gasteiger partial charge is 0.230 e. The Morgan fingerprint density at radius 3 is 2.90 bits per heavy atom. The summed E-state index contributed by atoms with van der Waals surface area (Å²) in [5.74, 6) is 0.492. The van der Waals surface area contributed by atoms with Gasteiger partial charge >= 0.3 is 0 Å². The number of hydrogen-bond acceptors (Lipinski definition) is 3. The second-order valence-corrected chi connectivity index (χ2v) is 7.38. The summed E-state index contributed by atoms with van der Waals surface area (Å²) in [5.41, 5.74) is 1.52. The van der Waals surface area contributed by atoms with Crippen LogP contribution >= 0.6 is 11.3 Å². The van der Waals surface area contributed by atoms with Crippen molar-refractivity contribution in [3.63, 3.8) is 0 Å². The van der Waals surface area contributed by atoms with Crippen molar-refractivity contribution in [3.8, 4) is 0 Å². The molecular weight excluding hydrogens is 268 g/mol. The van der Waals surface area contributed by atoms with E-state index in [0.717, 1.165) is 45.2 Å². The van der Waals surface area contributed by atoms with E-state index >= 15 is 0 Å². The third-order valence-electron chi connectivity index (χ3n) is 5.13. The van der Waals surface area contributed by atoms with Crippen LogP contribution in [0.25, 0.3) is 0 Å². The molecule has 3 nitrogen and oxygen atoms in total. The molecule has 1 atom stereocenters. The normalized spacial score (nSPS) is 25.3. The Morgan fingerprint density at radius 2 is 2.20 bits per heavy atom. The molecule has 1 N–H and O–H groups in total. The van der Waals surface area contributed by atoms with Crippen LogP contribution < -0.4 is 5.32 Å². The van der Waals surface area contributed by atoms with E-state index < -0.39 is 0 Å². The van der Waals surface area contributed by atoms with Crippen molar-refractivity contribution in [2.75, 3.05) is 20.1 Å². The van der Waals surface area contributed by atoms with E-state index in [0.29, 0.717) is 5.91 Å². The van der Waals surface area contributed by atoms with E-state index in [1.54, 1.807) is 0 Å². The largest absolute Gasteiger partial charge is 0.342 e. The van der Waals surface area contributed by atoms with Crippen LogP contribution in [0, 0.1) is 0 Å². The number of fused-ring (bicyclic) bond motifs is 1. The van der Waals surface area contributed by atoms with Gasteiger partial charge in [0, 0.05) is 23.5 Å². The van der Waals surface area contributed by atoms with E-state index in [-0.39, 0.29) is 11.5 Å². The number of piperidine rings is 1. The molecule has 1 aliphatic heterocycles. The first-order valence-electron chi connectivity index (χ1n) is 7.67. The van der Waals surface area contributed by atoms with Gasteiger partial charge in [0.05, 0.1) is 5.92 Å². The molecule has 110 valence electrons. The lowest BCUT2D eigenvalue weighted by Crippen LogP contribution is -2.52. The van der Waals surface area contributed by atoms with Crippen molar-refractivity contribution >= 4 is 17.2 Å². The minimum Gasteiger partial charge on any atom is -0.342 e. The first-order valence-corrected chi connectivity index (χ1v) is 8.55. The summed E-state index contributed by atoms with van der Waals surface area (Å²) in [6, 6.07) is 2.17. The van der Waals surface area contributed by atoms with E-state index in [2.05, 4.69) is 28.6 Å². The van der Waals surface area contributed by atoms with Gasteiger partial charge in [-0.25, -0.2) is 0 Å². The fraction of sp³-hybridized carbons (Fsp3) is 0.688. The number of carbonyl (C=O) groups is 1. The monoisotopic (exact) mass is 292 g/mol. The predicted molar refractivity (Wildman–Crippen MR) is 83.3 cm³/mol. The summed E-state index contributed by atoms with van der Waals surface area (Å²) in [7, 11) is 2.02. The predicted octanol–water partition coefficient (Wildman–Crippen LogP) is 2.77. The van der Waals surface area contributed by atoms with Crippen LogP contribution in [0.3, 0.4) is 0 Å². The molecule has 2 aliphatic rings. The van der Waals surface area contributed by atoms with Crippen LogP contribution in [-0.4, -0.2) is 36.5 Å². The maximum absolute atomic E-state index is 12.8. The highest BCUT2D eigenvalue weighted by Gasteiger charge is 2.35. The van der Waals surface area contributed by atoms with Crippen LogP contribution in [-0.2, 0) is 11.2 Å². The number of thiophene rings is 1. The Hall–Kier alpha value is -0.870. The average molecular weight is 292 g/mol. The van der Waals surface area contributed by atoms with E-state index in [9.17, 15) is 4.79 Å². The molecule has 1 fully saturated rings. The van der Waals surface area contributed by atoms with E-state index in [1.165, 1.54) is 10.4 Å². The lowest BCUT2D eigenvalue weighted by molar-refractivity contribution is -0.134. The Bertz CT molecular complexity index is 488. The van der Waals surface area contributed by atoms with E-state index in [1.807, 2.05) is 18.4 Å². The lowest BCUT2D eigenvalue weighted by Gasteiger charge is -2.40. The average Bonchev–Trinajstić information content (AvgIpc) is 2.95. The zero-order valence-corrected chi connectivity index (χ0v) is 13.3. The second-order valence-electron chi connectivity index (χ2n) is 6.38. The zero-order valence-electron chi connectivity index (χ0n) is 12.4. The van der Waals surface area contributed by atoms with Gasteiger partial charge in [-0.1, -0.05) is 0 Å². The molecule has 4 heteroatoms. The topological polar surface area (TPSA) is 32.3 Å². The van der Waals surface area contributed by atoms with Gasteiger partial charge in [0.15, 0.2) is 0 Å². The lowest BCUT2D eigenvalue weighted by atomic mass is 9.85. The molecule has 1 amide bonds. The van der Waals surface area contributed by atoms with E-state index in [4.69, 9.17) is 0 Å². The van der Waals surface area contributed by atoms with Crippen molar-refractivity contribution in [2.24, 2.45) is 0 Å². The first kappa shape index (κ1) is 14.1. The third kappa shape index (κ3) is 2.51. The number of likely N-dealkylation sites (tertiary alicyclic amines) is 1. The molecule has 0 radical (unpaired) electrons. The van der Waals surface area contributed by atoms with Crippen molar-refractivity contribution in [3.05, 3.63) is 21.9 Å². The Morgan fingerprint density at radius 1 is 1.45 bits per heavy atom. The van der Waals surface area contributed by atoms with Gasteiger partial charge in [0.1, 0.15) is 0 Å². The number of rotatable bonds is 2. The van der Waals surface area contributed by atoms with Crippen molar-refractivity contribution in [2.45, 2.75) is 50.5 Å². The van der Waals surface area contributed by atoms with Crippen molar-refractivity contribution in [1.29, 1.82) is 0 Å². The summed E-state index contributed by atoms with van der Waals surface area (Å²) in [6.45, 7) is 4.05. The van der Waals surface area contributed by atoms with Crippen LogP contribution in [0.1, 0.15) is 49.0 Å². The Labute approximate surface area is 125 Å². The summed E-state index contributed by atoms with van der Waals surface area (Å²) < 4.78 is 0. The maximum atomic E-state index is 12.8. The van der Waals surface area contributed by atoms with Gasteiger partial charge in [-0.3, -0.25) is 4.79 Å². The second kappa shape index (κ2) is 5.49. The van der Waals surface area contributed by atoms with Gasteiger partial charge in [-0.15, -0.1) is 11.3 Å². The van der Waals surface area contributed by atoms with Gasteiger partial charge in [-0.05, 0) is 63.1 Å². The molecular formula is C16H24N2OS. The van der Waals surface area contributed by atoms with Gasteiger partial charge in [0.2, 0.25) is 5.91 Å². The Balaban J connectivity index is 1.70. The summed E-state index contributed by atoms with van der Waals surface area (Å²) >= 11 is 1.82. The molecule has 1 aliphatic carbocycles. The molecule has 0 aromatic carbocycles. The highest BCUT2D eigenvalue weighted by Crippen LogP contribution is 2.36. The molecule has 0 bridgehead atoms. The van der Waals surface area contributed by atoms with Gasteiger partial charge in [0.25, 0.3) is 0 Å². The summed E-state index contributed by atoms with van der Waals surface area (Å²) in [6.07, 6.45) is 5.46. The first-order chi connectivity index (χ1) is 9.63. The zero-order chi connectivity index (χ0) is 14.2. The molecule has 1 saturated heterocycles. The van der Waals surface area contributed by atoms with Crippen molar-refractivity contribution < 1.29 is 4.79 Å². The quantitative estimate of drug-likeness (QED) is 0.909. The van der Waals surface area contributed by atoms with Crippen LogP contribution in [0.4, 0.5) is 0 Å².